The second-order valence-electron chi connectivity index (χ2n) is 5.99. The van der Waals surface area contributed by atoms with Crippen LogP contribution in [0.1, 0.15) is 24.0 Å². The van der Waals surface area contributed by atoms with Gasteiger partial charge in [-0.3, -0.25) is 4.79 Å². The van der Waals surface area contributed by atoms with Crippen LogP contribution in [0.4, 0.5) is 13.2 Å². The van der Waals surface area contributed by atoms with Crippen molar-refractivity contribution >= 4 is 5.91 Å². The predicted molar refractivity (Wildman–Crippen MR) is 74.1 cm³/mol. The van der Waals surface area contributed by atoms with Gasteiger partial charge in [0, 0.05) is 6.42 Å². The molecule has 7 heteroatoms. The topological polar surface area (TPSA) is 62.1 Å². The van der Waals surface area contributed by atoms with Crippen molar-refractivity contribution in [1.29, 1.82) is 5.26 Å². The number of nitrogens with zero attached hydrogens (tertiary/aromatic N) is 1. The molecule has 3 atom stereocenters. The van der Waals surface area contributed by atoms with E-state index >= 15 is 0 Å². The van der Waals surface area contributed by atoms with Crippen molar-refractivity contribution in [3.63, 3.8) is 0 Å². The average Bonchev–Trinajstić information content (AvgIpc) is 3.26. The van der Waals surface area contributed by atoms with Crippen LogP contribution < -0.4 is 5.32 Å². The highest BCUT2D eigenvalue weighted by molar-refractivity contribution is 5.81. The Morgan fingerprint density at radius 1 is 1.48 bits per heavy atom. The van der Waals surface area contributed by atoms with Crippen molar-refractivity contribution in [2.75, 3.05) is 13.2 Å². The van der Waals surface area contributed by atoms with Crippen molar-refractivity contribution in [3.05, 3.63) is 35.4 Å². The number of nitrogens with one attached hydrogen (secondary N) is 1. The zero-order valence-corrected chi connectivity index (χ0v) is 12.2. The van der Waals surface area contributed by atoms with E-state index in [2.05, 4.69) is 5.32 Å². The second-order valence-corrected chi connectivity index (χ2v) is 5.99. The predicted octanol–water partition coefficient (Wildman–Crippen LogP) is 2.49. The highest BCUT2D eigenvalue weighted by Crippen LogP contribution is 2.50. The number of ether oxygens (including phenoxy) is 1. The molecule has 1 saturated carbocycles. The molecule has 1 aliphatic carbocycles. The molecule has 1 aromatic carbocycles. The van der Waals surface area contributed by atoms with Crippen molar-refractivity contribution < 1.29 is 22.7 Å². The molecule has 3 rings (SSSR count). The molecule has 0 unspecified atom stereocenters. The summed E-state index contributed by atoms with van der Waals surface area (Å²) in [4.78, 5) is 11.9. The largest absolute Gasteiger partial charge is 0.392 e. The third kappa shape index (κ3) is 3.04. The first-order valence-electron chi connectivity index (χ1n) is 7.35. The summed E-state index contributed by atoms with van der Waals surface area (Å²) >= 11 is 0. The first-order chi connectivity index (χ1) is 10.9. The SMILES string of the molecule is N#Cc1cccc([C@]2(CNC(=O)[C@H]3C[C@@H]3C(F)(F)F)CCO2)c1. The van der Waals surface area contributed by atoms with Gasteiger partial charge < -0.3 is 10.1 Å². The highest BCUT2D eigenvalue weighted by Gasteiger charge is 2.59. The molecule has 1 heterocycles. The van der Waals surface area contributed by atoms with Gasteiger partial charge >= 0.3 is 6.18 Å². The molecule has 0 aromatic heterocycles. The molecule has 1 amide bonds. The van der Waals surface area contributed by atoms with E-state index in [1.165, 1.54) is 0 Å². The number of rotatable bonds is 4. The quantitative estimate of drug-likeness (QED) is 0.925. The Morgan fingerprint density at radius 2 is 2.22 bits per heavy atom. The van der Waals surface area contributed by atoms with Crippen LogP contribution in [-0.2, 0) is 15.1 Å². The fraction of sp³-hybridized carbons (Fsp3) is 0.500. The maximum absolute atomic E-state index is 12.5. The van der Waals surface area contributed by atoms with E-state index in [0.29, 0.717) is 18.6 Å². The second kappa shape index (κ2) is 5.53. The molecule has 1 aliphatic heterocycles. The summed E-state index contributed by atoms with van der Waals surface area (Å²) in [6.07, 6.45) is -3.81. The van der Waals surface area contributed by atoms with E-state index in [0.717, 1.165) is 5.56 Å². The van der Waals surface area contributed by atoms with Crippen molar-refractivity contribution in [2.24, 2.45) is 11.8 Å². The Morgan fingerprint density at radius 3 is 2.74 bits per heavy atom. The molecule has 0 spiro atoms. The lowest BCUT2D eigenvalue weighted by Crippen LogP contribution is -2.50. The maximum Gasteiger partial charge on any atom is 0.392 e. The smallest absolute Gasteiger partial charge is 0.368 e. The van der Waals surface area contributed by atoms with Crippen LogP contribution in [0.25, 0.3) is 0 Å². The maximum atomic E-state index is 12.5. The summed E-state index contributed by atoms with van der Waals surface area (Å²) in [6.45, 7) is 0.628. The van der Waals surface area contributed by atoms with Crippen LogP contribution in [0.5, 0.6) is 0 Å². The third-order valence-corrected chi connectivity index (χ3v) is 4.50. The van der Waals surface area contributed by atoms with E-state index in [-0.39, 0.29) is 13.0 Å². The van der Waals surface area contributed by atoms with Crippen LogP contribution in [-0.4, -0.2) is 25.2 Å². The summed E-state index contributed by atoms with van der Waals surface area (Å²) in [7, 11) is 0. The average molecular weight is 324 g/mol. The number of halogens is 3. The molecule has 2 aliphatic rings. The lowest BCUT2D eigenvalue weighted by molar-refractivity contribution is -0.160. The molecular weight excluding hydrogens is 309 g/mol. The lowest BCUT2D eigenvalue weighted by atomic mass is 9.85. The molecule has 0 bridgehead atoms. The first kappa shape index (κ1) is 15.8. The van der Waals surface area contributed by atoms with Gasteiger partial charge in [0.05, 0.1) is 36.6 Å². The number of alkyl halides is 3. The van der Waals surface area contributed by atoms with E-state index in [4.69, 9.17) is 10.00 Å². The number of benzene rings is 1. The summed E-state index contributed by atoms with van der Waals surface area (Å²) in [5, 5.41) is 11.5. The van der Waals surface area contributed by atoms with Gasteiger partial charge in [-0.15, -0.1) is 0 Å². The minimum atomic E-state index is -4.31. The van der Waals surface area contributed by atoms with Gasteiger partial charge in [-0.2, -0.15) is 18.4 Å². The van der Waals surface area contributed by atoms with Gasteiger partial charge in [0.1, 0.15) is 5.60 Å². The van der Waals surface area contributed by atoms with Crippen molar-refractivity contribution in [3.8, 4) is 6.07 Å². The van der Waals surface area contributed by atoms with Crippen LogP contribution in [0, 0.1) is 23.2 Å². The molecular formula is C16H15F3N2O2. The fourth-order valence-electron chi connectivity index (χ4n) is 2.90. The Balaban J connectivity index is 1.64. The normalized spacial score (nSPS) is 29.3. The molecule has 1 aromatic rings. The van der Waals surface area contributed by atoms with Gasteiger partial charge in [0.25, 0.3) is 0 Å². The molecule has 1 saturated heterocycles. The van der Waals surface area contributed by atoms with E-state index in [9.17, 15) is 18.0 Å². The Labute approximate surface area is 131 Å². The van der Waals surface area contributed by atoms with Crippen LogP contribution in [0.2, 0.25) is 0 Å². The number of nitriles is 1. The number of hydrogen-bond donors (Lipinski definition) is 1. The number of carbonyl (C=O) groups excluding carboxylic acids is 1. The monoisotopic (exact) mass is 324 g/mol. The van der Waals surface area contributed by atoms with E-state index < -0.39 is 29.5 Å². The van der Waals surface area contributed by atoms with E-state index in [1.54, 1.807) is 24.3 Å². The number of amides is 1. The molecule has 122 valence electrons. The first-order valence-corrected chi connectivity index (χ1v) is 7.35. The van der Waals surface area contributed by atoms with Crippen LogP contribution in [0.15, 0.2) is 24.3 Å². The van der Waals surface area contributed by atoms with E-state index in [1.807, 2.05) is 6.07 Å². The van der Waals surface area contributed by atoms with Crippen molar-refractivity contribution in [1.82, 2.24) is 5.32 Å². The summed E-state index contributed by atoms with van der Waals surface area (Å²) in [6, 6.07) is 8.89. The zero-order chi connectivity index (χ0) is 16.7. The van der Waals surface area contributed by atoms with Gasteiger partial charge in [-0.25, -0.2) is 0 Å². The minimum absolute atomic E-state index is 0.113. The van der Waals surface area contributed by atoms with Crippen LogP contribution >= 0.6 is 0 Å². The Hall–Kier alpha value is -2.07. The highest BCUT2D eigenvalue weighted by atomic mass is 19.4. The molecule has 2 fully saturated rings. The zero-order valence-electron chi connectivity index (χ0n) is 12.2. The number of carbonyl (C=O) groups is 1. The Kier molecular flexibility index (Phi) is 3.80. The standard InChI is InChI=1S/C16H15F3N2O2/c17-16(18,19)13-7-12(13)14(22)21-9-15(4-5-23-15)11-3-1-2-10(6-11)8-20/h1-3,6,12-13H,4-5,7,9H2,(H,21,22)/t12-,13-,15+/m0/s1. The third-order valence-electron chi connectivity index (χ3n) is 4.50. The minimum Gasteiger partial charge on any atom is -0.368 e. The van der Waals surface area contributed by atoms with Crippen molar-refractivity contribution in [2.45, 2.75) is 24.6 Å². The summed E-state index contributed by atoms with van der Waals surface area (Å²) in [5.41, 5.74) is 0.486. The summed E-state index contributed by atoms with van der Waals surface area (Å²) in [5.74, 6) is -3.10. The molecule has 0 radical (unpaired) electrons. The van der Waals surface area contributed by atoms with Gasteiger partial charge in [0.2, 0.25) is 5.91 Å². The van der Waals surface area contributed by atoms with Gasteiger partial charge in [0.15, 0.2) is 0 Å². The molecule has 23 heavy (non-hydrogen) atoms. The summed E-state index contributed by atoms with van der Waals surface area (Å²) < 4.78 is 43.1. The van der Waals surface area contributed by atoms with Gasteiger partial charge in [-0.1, -0.05) is 12.1 Å². The lowest BCUT2D eigenvalue weighted by Gasteiger charge is -2.42. The van der Waals surface area contributed by atoms with Crippen LogP contribution in [0.3, 0.4) is 0 Å². The number of hydrogen-bond acceptors (Lipinski definition) is 3. The molecule has 1 N–H and O–H groups in total. The molecule has 4 nitrogen and oxygen atoms in total. The Bertz CT molecular complexity index is 662. The van der Waals surface area contributed by atoms with Gasteiger partial charge in [-0.05, 0) is 24.1 Å². The fourth-order valence-corrected chi connectivity index (χ4v) is 2.90.